The summed E-state index contributed by atoms with van der Waals surface area (Å²) in [4.78, 5) is 28.4. The normalized spacial score (nSPS) is 35.7. The first-order valence-electron chi connectivity index (χ1n) is 19.7. The van der Waals surface area contributed by atoms with Gasteiger partial charge in [-0.1, -0.05) is 65.3 Å². The van der Waals surface area contributed by atoms with Gasteiger partial charge in [-0.3, -0.25) is 9.69 Å². The molecule has 0 bridgehead atoms. The van der Waals surface area contributed by atoms with E-state index in [1.165, 1.54) is 32.1 Å². The Morgan fingerprint density at radius 1 is 1.14 bits per heavy atom. The number of nitrogens with zero attached hydrogens (tertiary/aromatic N) is 2. The number of allylic oxidation sites excluding steroid dienone is 3. The predicted molar refractivity (Wildman–Crippen MR) is 197 cm³/mol. The van der Waals surface area contributed by atoms with Crippen LogP contribution >= 0.6 is 0 Å². The van der Waals surface area contributed by atoms with E-state index in [-0.39, 0.29) is 60.5 Å². The number of carbonyl (C=O) groups excluding carboxylic acids is 2. The average molecular weight is 702 g/mol. The Kier molecular flexibility index (Phi) is 14.6. The van der Waals surface area contributed by atoms with E-state index in [4.69, 9.17) is 14.2 Å². The molecule has 2 N–H and O–H groups in total. The Morgan fingerprint density at radius 3 is 2.48 bits per heavy atom. The van der Waals surface area contributed by atoms with Crippen molar-refractivity contribution in [3.8, 4) is 0 Å². The number of cyclic esters (lactones) is 1. The fraction of sp³-hybridized carbons (Fsp3) is 0.805. The highest BCUT2D eigenvalue weighted by Crippen LogP contribution is 2.37. The summed E-state index contributed by atoms with van der Waals surface area (Å²) in [5.41, 5.74) is -0.376. The van der Waals surface area contributed by atoms with Crippen LogP contribution in [-0.2, 0) is 19.0 Å². The molecule has 3 heterocycles. The molecule has 0 unspecified atom stereocenters. The third-order valence-corrected chi connectivity index (χ3v) is 12.3. The van der Waals surface area contributed by atoms with Crippen LogP contribution < -0.4 is 0 Å². The van der Waals surface area contributed by atoms with Gasteiger partial charge in [-0.15, -0.1) is 0 Å². The van der Waals surface area contributed by atoms with Crippen molar-refractivity contribution in [2.45, 2.75) is 155 Å². The highest BCUT2D eigenvalue weighted by molar-refractivity contribution is 5.70. The summed E-state index contributed by atoms with van der Waals surface area (Å²) in [5, 5.41) is 21.9. The third-order valence-electron chi connectivity index (χ3n) is 12.3. The van der Waals surface area contributed by atoms with E-state index in [0.29, 0.717) is 32.0 Å². The molecule has 2 saturated heterocycles. The Balaban J connectivity index is 1.41. The van der Waals surface area contributed by atoms with Crippen LogP contribution in [0.5, 0.6) is 0 Å². The number of hydrogen-bond donors (Lipinski definition) is 2. The van der Waals surface area contributed by atoms with Crippen LogP contribution in [0.15, 0.2) is 36.0 Å². The minimum Gasteiger partial charge on any atom is -0.457 e. The van der Waals surface area contributed by atoms with Gasteiger partial charge in [0.05, 0.1) is 57.6 Å². The van der Waals surface area contributed by atoms with Crippen LogP contribution in [0.1, 0.15) is 113 Å². The lowest BCUT2D eigenvalue weighted by atomic mass is 9.87. The lowest BCUT2D eigenvalue weighted by Gasteiger charge is -2.48. The van der Waals surface area contributed by atoms with Crippen molar-refractivity contribution in [1.82, 2.24) is 4.90 Å². The van der Waals surface area contributed by atoms with Gasteiger partial charge in [-0.05, 0) is 88.7 Å². The number of ether oxygens (including phenoxy) is 3. The lowest BCUT2D eigenvalue weighted by molar-refractivity contribution is -0.938. The van der Waals surface area contributed by atoms with Gasteiger partial charge in [0, 0.05) is 18.3 Å². The van der Waals surface area contributed by atoms with Crippen molar-refractivity contribution in [2.24, 2.45) is 23.7 Å². The molecule has 50 heavy (non-hydrogen) atoms. The molecule has 3 aliphatic heterocycles. The zero-order chi connectivity index (χ0) is 36.6. The maximum absolute atomic E-state index is 13.6. The first kappa shape index (κ1) is 40.6. The summed E-state index contributed by atoms with van der Waals surface area (Å²) < 4.78 is 19.1. The molecule has 9 nitrogen and oxygen atoms in total. The largest absolute Gasteiger partial charge is 0.457 e. The minimum atomic E-state index is -1.29. The van der Waals surface area contributed by atoms with E-state index in [0.717, 1.165) is 36.0 Å². The zero-order valence-corrected chi connectivity index (χ0v) is 32.4. The van der Waals surface area contributed by atoms with Gasteiger partial charge >= 0.3 is 12.1 Å². The molecule has 0 aromatic heterocycles. The van der Waals surface area contributed by atoms with Crippen LogP contribution in [0.3, 0.4) is 0 Å². The second-order valence-electron chi connectivity index (χ2n) is 16.9. The highest BCUT2D eigenvalue weighted by Gasteiger charge is 2.45. The second-order valence-corrected chi connectivity index (χ2v) is 16.9. The van der Waals surface area contributed by atoms with Gasteiger partial charge in [-0.2, -0.15) is 0 Å². The van der Waals surface area contributed by atoms with Gasteiger partial charge in [-0.25, -0.2) is 4.79 Å². The zero-order valence-electron chi connectivity index (χ0n) is 32.4. The Labute approximate surface area is 302 Å². The summed E-state index contributed by atoms with van der Waals surface area (Å²) >= 11 is 0. The number of aliphatic hydroxyl groups is 2. The van der Waals surface area contributed by atoms with E-state index in [1.807, 2.05) is 50.8 Å². The molecule has 0 spiro atoms. The number of hydrogen-bond acceptors (Lipinski definition) is 7. The predicted octanol–water partition coefficient (Wildman–Crippen LogP) is 6.96. The van der Waals surface area contributed by atoms with Crippen molar-refractivity contribution < 1.29 is 38.5 Å². The summed E-state index contributed by atoms with van der Waals surface area (Å²) in [5.74, 6) is -0.0470. The van der Waals surface area contributed by atoms with Crippen molar-refractivity contribution in [3.05, 3.63) is 36.0 Å². The fourth-order valence-electron chi connectivity index (χ4n) is 8.32. The topological polar surface area (TPSA) is 109 Å². The smallest absolute Gasteiger partial charge is 0.410 e. The average Bonchev–Trinajstić information content (AvgIpc) is 3.86. The van der Waals surface area contributed by atoms with Crippen molar-refractivity contribution in [3.63, 3.8) is 0 Å². The first-order valence-corrected chi connectivity index (χ1v) is 19.7. The van der Waals surface area contributed by atoms with E-state index in [2.05, 4.69) is 27.0 Å². The van der Waals surface area contributed by atoms with Gasteiger partial charge in [0.1, 0.15) is 11.7 Å². The van der Waals surface area contributed by atoms with Gasteiger partial charge in [0.2, 0.25) is 0 Å². The number of piperazine rings is 1. The van der Waals surface area contributed by atoms with Crippen LogP contribution in [0.2, 0.25) is 0 Å². The number of epoxide rings is 1. The molecular formula is C41H69N2O7+. The van der Waals surface area contributed by atoms with Crippen molar-refractivity contribution >= 4 is 12.1 Å². The molecule has 0 radical (unpaired) electrons. The molecule has 3 fully saturated rings. The van der Waals surface area contributed by atoms with Crippen LogP contribution in [-0.4, -0.2) is 107 Å². The molecule has 4 rings (SSSR count). The van der Waals surface area contributed by atoms with E-state index < -0.39 is 17.8 Å². The maximum atomic E-state index is 13.6. The maximum Gasteiger partial charge on any atom is 0.410 e. The number of aliphatic hydroxyl groups excluding tert-OH is 1. The molecule has 0 aromatic rings. The molecule has 284 valence electrons. The standard InChI is InChI=1S/C41H69N2O7/c1-9-34(44)32(6)39-35(48-39)26-28(2)14-13-15-30(4)38-31(5)18-19-36(41(7,47)21-20-29(3)27-37(45)50-38)49-40(46)42-22-24-43(8,25-23-42)33-16-11-10-12-17-33/h13-15,18-19,28-29,31-36,38-39,44,47H,9-12,16-17,20-27H2,1-8H3/q+1/b14-13+,19-18+,30-15+/t28-,29-,31+,32-,34+,35-,36+,38-,39-,41-/m1/s1. The summed E-state index contributed by atoms with van der Waals surface area (Å²) in [6.45, 7) is 17.1. The number of quaternary nitrogens is 1. The Morgan fingerprint density at radius 2 is 1.82 bits per heavy atom. The quantitative estimate of drug-likeness (QED) is 0.0833. The highest BCUT2D eigenvalue weighted by atomic mass is 16.6. The van der Waals surface area contributed by atoms with Crippen LogP contribution in [0.25, 0.3) is 0 Å². The monoisotopic (exact) mass is 702 g/mol. The van der Waals surface area contributed by atoms with Crippen LogP contribution in [0, 0.1) is 23.7 Å². The number of esters is 1. The van der Waals surface area contributed by atoms with E-state index >= 15 is 0 Å². The molecule has 10 atom stereocenters. The molecule has 0 aromatic carbocycles. The minimum absolute atomic E-state index is 0.00155. The fourth-order valence-corrected chi connectivity index (χ4v) is 8.32. The first-order chi connectivity index (χ1) is 23.6. The summed E-state index contributed by atoms with van der Waals surface area (Å²) in [6, 6.07) is 0.680. The molecule has 1 aliphatic carbocycles. The van der Waals surface area contributed by atoms with Gasteiger partial charge in [0.15, 0.2) is 6.10 Å². The second kappa shape index (κ2) is 18.0. The molecule has 9 heteroatoms. The molecule has 1 saturated carbocycles. The number of likely N-dealkylation sites (N-methyl/N-ethyl adjacent to an activating group) is 1. The molecular weight excluding hydrogens is 632 g/mol. The Hall–Kier alpha value is -2.20. The van der Waals surface area contributed by atoms with Gasteiger partial charge < -0.3 is 28.9 Å². The summed E-state index contributed by atoms with van der Waals surface area (Å²) in [6.07, 6.45) is 17.5. The lowest BCUT2D eigenvalue weighted by Crippen LogP contribution is -2.63. The Bertz CT molecular complexity index is 1200. The van der Waals surface area contributed by atoms with Gasteiger partial charge in [0.25, 0.3) is 0 Å². The molecule has 4 aliphatic rings. The van der Waals surface area contributed by atoms with E-state index in [1.54, 1.807) is 13.0 Å². The molecule has 1 amide bonds. The number of carbonyl (C=O) groups is 2. The third kappa shape index (κ3) is 11.1. The summed E-state index contributed by atoms with van der Waals surface area (Å²) in [7, 11) is 2.34. The number of rotatable bonds is 10. The van der Waals surface area contributed by atoms with Crippen LogP contribution in [0.4, 0.5) is 4.79 Å². The van der Waals surface area contributed by atoms with Crippen molar-refractivity contribution in [1.29, 1.82) is 0 Å². The van der Waals surface area contributed by atoms with Crippen molar-refractivity contribution in [2.75, 3.05) is 33.2 Å². The van der Waals surface area contributed by atoms with E-state index in [9.17, 15) is 19.8 Å². The number of amides is 1. The SMILES string of the molecule is CC[C@H](O)[C@@H](C)[C@H]1O[C@@H]1C[C@H](C)/C=C/C=C(\C)[C@H]1OC(=O)C[C@H](C)CC[C@@](C)(O)[C@@H](OC(=O)N2CC[N+](C)(C3CCCCC3)CC2)/C=C/[C@@H]1C.